The predicted octanol–water partition coefficient (Wildman–Crippen LogP) is -0.152. The molecule has 0 fully saturated rings. The third kappa shape index (κ3) is 13.0. The second-order valence-corrected chi connectivity index (χ2v) is 4.83. The van der Waals surface area contributed by atoms with Gasteiger partial charge < -0.3 is 21.1 Å². The Morgan fingerprint density at radius 3 is 1.52 bits per heavy atom. The van der Waals surface area contributed by atoms with E-state index in [9.17, 15) is 0 Å². The van der Waals surface area contributed by atoms with Crippen molar-refractivity contribution in [2.75, 3.05) is 0 Å². The minimum absolute atomic E-state index is 0. The number of pyridine rings is 2. The molecule has 0 amide bonds. The van der Waals surface area contributed by atoms with Gasteiger partial charge in [-0.05, 0) is 24.3 Å². The van der Waals surface area contributed by atoms with Crippen molar-refractivity contribution in [2.45, 2.75) is 0 Å². The van der Waals surface area contributed by atoms with Gasteiger partial charge in [-0.2, -0.15) is 0 Å². The SMILES string of the molecule is NC(=[SH+])[N-]N=Cc1ccccn1.NC(=[SH+])[N-]N=Cc1ccccn1.[Ga+3]. The molecule has 0 saturated heterocycles. The van der Waals surface area contributed by atoms with E-state index < -0.39 is 0 Å². The molecule has 0 unspecified atom stereocenters. The van der Waals surface area contributed by atoms with Gasteiger partial charge in [0, 0.05) is 24.8 Å². The summed E-state index contributed by atoms with van der Waals surface area (Å²) in [5.74, 6) is 0. The van der Waals surface area contributed by atoms with Crippen LogP contribution in [0.4, 0.5) is 0 Å². The number of nitrogens with zero attached hydrogens (tertiary/aromatic N) is 6. The summed E-state index contributed by atoms with van der Waals surface area (Å²) in [7, 11) is 0. The van der Waals surface area contributed by atoms with Crippen LogP contribution in [0.15, 0.2) is 59.0 Å². The van der Waals surface area contributed by atoms with Crippen molar-refractivity contribution in [3.8, 4) is 0 Å². The van der Waals surface area contributed by atoms with Crippen LogP contribution in [0.3, 0.4) is 0 Å². The van der Waals surface area contributed by atoms with Gasteiger partial charge in [0.1, 0.15) is 0 Å². The molecular weight excluding hydrogens is 414 g/mol. The van der Waals surface area contributed by atoms with Crippen LogP contribution in [0.5, 0.6) is 0 Å². The summed E-state index contributed by atoms with van der Waals surface area (Å²) < 4.78 is 0. The van der Waals surface area contributed by atoms with E-state index in [1.165, 1.54) is 12.4 Å². The molecule has 0 radical (unpaired) electrons. The molecule has 0 aliphatic heterocycles. The normalized spacial score (nSPS) is 9.68. The smallest absolute Gasteiger partial charge is 0.515 e. The van der Waals surface area contributed by atoms with Crippen LogP contribution >= 0.6 is 0 Å². The Bertz CT molecular complexity index is 633. The molecule has 0 aromatic carbocycles. The fourth-order valence-corrected chi connectivity index (χ4v) is 1.30. The number of rotatable bonds is 4. The van der Waals surface area contributed by atoms with Crippen molar-refractivity contribution in [2.24, 2.45) is 21.7 Å². The Morgan fingerprint density at radius 1 is 0.840 bits per heavy atom. The van der Waals surface area contributed by atoms with E-state index in [1.54, 1.807) is 12.4 Å². The van der Waals surface area contributed by atoms with Crippen LogP contribution in [-0.2, 0) is 24.4 Å². The molecule has 25 heavy (non-hydrogen) atoms. The van der Waals surface area contributed by atoms with E-state index in [-0.39, 0.29) is 30.0 Å². The molecule has 2 heterocycles. The van der Waals surface area contributed by atoms with E-state index in [4.69, 9.17) is 11.5 Å². The number of hydrogen-bond donors (Lipinski definition) is 2. The van der Waals surface area contributed by atoms with Crippen LogP contribution in [0.1, 0.15) is 11.4 Å². The minimum Gasteiger partial charge on any atom is -0.515 e. The Morgan fingerprint density at radius 2 is 1.24 bits per heavy atom. The summed E-state index contributed by atoms with van der Waals surface area (Å²) in [5.41, 5.74) is 18.8. The maximum absolute atomic E-state index is 5.14. The van der Waals surface area contributed by atoms with Crippen LogP contribution in [0, 0.1) is 0 Å². The Labute approximate surface area is 169 Å². The summed E-state index contributed by atoms with van der Waals surface area (Å²) in [6, 6.07) is 11.0. The van der Waals surface area contributed by atoms with Crippen LogP contribution in [-0.4, -0.2) is 52.4 Å². The second kappa shape index (κ2) is 14.3. The molecule has 0 spiro atoms. The molecule has 0 atom stereocenters. The summed E-state index contributed by atoms with van der Waals surface area (Å²) in [5, 5.41) is 7.53. The van der Waals surface area contributed by atoms with E-state index in [2.05, 4.69) is 55.5 Å². The van der Waals surface area contributed by atoms with E-state index in [1.807, 2.05) is 36.4 Å². The molecule has 2 rings (SSSR count). The van der Waals surface area contributed by atoms with Crippen LogP contribution in [0.25, 0.3) is 10.9 Å². The molecule has 8 nitrogen and oxygen atoms in total. The number of aromatic nitrogens is 2. The first kappa shape index (κ1) is 23.0. The number of nitrogens with two attached hydrogens (primary N) is 2. The average molecular weight is 430 g/mol. The standard InChI is InChI=1S/2C7H8N4S.Ga/c2*8-7(12)11-10-5-6-3-1-2-4-9-6;/h2*1-5H,(H3,8,9,11,12);/q;;+3. The van der Waals surface area contributed by atoms with Gasteiger partial charge in [0.05, 0.1) is 11.4 Å². The molecule has 0 bridgehead atoms. The maximum atomic E-state index is 5.14. The Balaban J connectivity index is 0.000000443. The predicted molar refractivity (Wildman–Crippen MR) is 112 cm³/mol. The first-order chi connectivity index (χ1) is 11.6. The third-order valence-electron chi connectivity index (χ3n) is 2.08. The van der Waals surface area contributed by atoms with Crippen molar-refractivity contribution < 1.29 is 0 Å². The fourth-order valence-electron chi connectivity index (χ4n) is 1.20. The monoisotopic (exact) mass is 429 g/mol. The number of thiol groups is 2. The van der Waals surface area contributed by atoms with Crippen molar-refractivity contribution in [1.29, 1.82) is 0 Å². The zero-order valence-electron chi connectivity index (χ0n) is 13.1. The van der Waals surface area contributed by atoms with Gasteiger partial charge in [-0.3, -0.25) is 21.4 Å². The van der Waals surface area contributed by atoms with Gasteiger partial charge in [0.25, 0.3) is 0 Å². The van der Waals surface area contributed by atoms with Gasteiger partial charge >= 0.3 is 19.8 Å². The van der Waals surface area contributed by atoms with Gasteiger partial charge in [-0.25, -0.2) is 0 Å². The van der Waals surface area contributed by atoms with E-state index in [0.717, 1.165) is 11.4 Å². The summed E-state index contributed by atoms with van der Waals surface area (Å²) in [6.07, 6.45) is 6.36. The molecule has 4 N–H and O–H groups in total. The second-order valence-electron chi connectivity index (χ2n) is 3.91. The first-order valence-electron chi connectivity index (χ1n) is 6.51. The number of hydrogen-bond acceptors (Lipinski definition) is 4. The van der Waals surface area contributed by atoms with Crippen molar-refractivity contribution in [3.63, 3.8) is 0 Å². The molecular formula is C14H16GaN8S2+3. The van der Waals surface area contributed by atoms with E-state index in [0.29, 0.717) is 0 Å². The van der Waals surface area contributed by atoms with Crippen molar-refractivity contribution in [3.05, 3.63) is 71.0 Å². The zero-order chi connectivity index (χ0) is 17.6. The van der Waals surface area contributed by atoms with Gasteiger partial charge in [-0.1, -0.05) is 12.1 Å². The first-order valence-corrected chi connectivity index (χ1v) is 7.40. The Hall–Kier alpha value is -2.02. The quantitative estimate of drug-likeness (QED) is 0.174. The van der Waals surface area contributed by atoms with Crippen molar-refractivity contribution in [1.82, 2.24) is 9.97 Å². The molecule has 0 aliphatic carbocycles. The fraction of sp³-hybridized carbons (Fsp3) is 0. The molecule has 11 heteroatoms. The summed E-state index contributed by atoms with van der Waals surface area (Å²) >= 11 is 7.48. The third-order valence-corrected chi connectivity index (χ3v) is 2.25. The largest absolute Gasteiger partial charge is 3.00 e. The van der Waals surface area contributed by atoms with Gasteiger partial charge in [-0.15, -0.1) is 0 Å². The Kier molecular flexibility index (Phi) is 13.2. The molecule has 124 valence electrons. The average Bonchev–Trinajstić information content (AvgIpc) is 2.57. The summed E-state index contributed by atoms with van der Waals surface area (Å²) in [6.45, 7) is 0. The topological polar surface area (TPSA) is 131 Å². The molecule has 0 aliphatic rings. The summed E-state index contributed by atoms with van der Waals surface area (Å²) in [4.78, 5) is 7.98. The molecule has 0 saturated carbocycles. The maximum Gasteiger partial charge on any atom is 3.00 e. The van der Waals surface area contributed by atoms with Crippen LogP contribution < -0.4 is 11.5 Å². The van der Waals surface area contributed by atoms with Crippen LogP contribution in [0.2, 0.25) is 0 Å². The zero-order valence-corrected chi connectivity index (χ0v) is 17.3. The van der Waals surface area contributed by atoms with Gasteiger partial charge in [0.15, 0.2) is 34.7 Å². The molecule has 2 aromatic rings. The minimum atomic E-state index is 0. The van der Waals surface area contributed by atoms with E-state index >= 15 is 0 Å². The molecule has 2 aromatic heterocycles. The van der Waals surface area contributed by atoms with Crippen molar-refractivity contribution >= 4 is 66.9 Å². The van der Waals surface area contributed by atoms with Gasteiger partial charge in [0.2, 0.25) is 0 Å².